The highest BCUT2D eigenvalue weighted by Gasteiger charge is 2.35. The molecule has 0 saturated heterocycles. The van der Waals surface area contributed by atoms with Crippen molar-refractivity contribution >= 4 is 17.5 Å². The maximum absolute atomic E-state index is 13.2. The summed E-state index contributed by atoms with van der Waals surface area (Å²) >= 11 is 0. The Morgan fingerprint density at radius 1 is 1.08 bits per heavy atom. The molecule has 0 aliphatic carbocycles. The van der Waals surface area contributed by atoms with E-state index >= 15 is 0 Å². The predicted octanol–water partition coefficient (Wildman–Crippen LogP) is 3.16. The van der Waals surface area contributed by atoms with Crippen LogP contribution in [0.15, 0.2) is 48.5 Å². The maximum Gasteiger partial charge on any atom is 0.239 e. The average Bonchev–Trinajstić information content (AvgIpc) is 2.62. The van der Waals surface area contributed by atoms with Crippen molar-refractivity contribution in [2.45, 2.75) is 20.3 Å². The van der Waals surface area contributed by atoms with E-state index in [4.69, 9.17) is 4.74 Å². The van der Waals surface area contributed by atoms with Gasteiger partial charge in [-0.3, -0.25) is 9.59 Å². The Balaban J connectivity index is 1.93. The van der Waals surface area contributed by atoms with Crippen LogP contribution in [0, 0.1) is 11.2 Å². The summed E-state index contributed by atoms with van der Waals surface area (Å²) in [5.41, 5.74) is -0.0187. The summed E-state index contributed by atoms with van der Waals surface area (Å²) in [6.07, 6.45) is 0.581. The molecule has 0 bridgehead atoms. The Bertz CT molecular complexity index is 790. The van der Waals surface area contributed by atoms with Crippen molar-refractivity contribution in [3.8, 4) is 5.75 Å². The highest BCUT2D eigenvalue weighted by Crippen LogP contribution is 2.20. The molecule has 0 aliphatic heterocycles. The Morgan fingerprint density at radius 2 is 1.81 bits per heavy atom. The zero-order valence-corrected chi connectivity index (χ0v) is 15.1. The number of halogens is 1. The fourth-order valence-corrected chi connectivity index (χ4v) is 2.40. The van der Waals surface area contributed by atoms with Crippen molar-refractivity contribution in [1.29, 1.82) is 0 Å². The molecule has 0 saturated carbocycles. The monoisotopic (exact) mass is 358 g/mol. The molecule has 2 aromatic rings. The summed E-state index contributed by atoms with van der Waals surface area (Å²) in [5.74, 6) is -0.606. The van der Waals surface area contributed by atoms with E-state index in [9.17, 15) is 14.0 Å². The molecular formula is C20H23FN2O3. The summed E-state index contributed by atoms with van der Waals surface area (Å²) in [6, 6.07) is 13.1. The summed E-state index contributed by atoms with van der Waals surface area (Å²) in [7, 11) is 1.59. The number of para-hydroxylation sites is 1. The van der Waals surface area contributed by atoms with Gasteiger partial charge in [0.1, 0.15) is 17.0 Å². The molecule has 0 heterocycles. The molecule has 2 aromatic carbocycles. The van der Waals surface area contributed by atoms with Crippen LogP contribution in [-0.2, 0) is 16.0 Å². The normalized spacial score (nSPS) is 10.9. The first-order chi connectivity index (χ1) is 12.3. The highest BCUT2D eigenvalue weighted by atomic mass is 19.1. The second kappa shape index (κ2) is 8.47. The van der Waals surface area contributed by atoms with Crippen LogP contribution in [0.1, 0.15) is 19.4 Å². The van der Waals surface area contributed by atoms with Crippen molar-refractivity contribution in [1.82, 2.24) is 5.32 Å². The molecule has 26 heavy (non-hydrogen) atoms. The second-order valence-corrected chi connectivity index (χ2v) is 6.41. The van der Waals surface area contributed by atoms with Crippen LogP contribution in [0.2, 0.25) is 0 Å². The lowest BCUT2D eigenvalue weighted by Crippen LogP contribution is -2.45. The Morgan fingerprint density at radius 3 is 2.50 bits per heavy atom. The number of hydrogen-bond donors (Lipinski definition) is 2. The lowest BCUT2D eigenvalue weighted by Gasteiger charge is -2.23. The maximum atomic E-state index is 13.2. The fourth-order valence-electron chi connectivity index (χ4n) is 2.40. The molecule has 138 valence electrons. The van der Waals surface area contributed by atoms with Crippen LogP contribution >= 0.6 is 0 Å². The standard InChI is InChI=1S/C20H23FN2O3/c1-20(2,19(25)23-16-9-6-8-15(21)13-16)18(24)22-12-11-14-7-4-5-10-17(14)26-3/h4-10,13H,11-12H2,1-3H3,(H,22,24)(H,23,25). The second-order valence-electron chi connectivity index (χ2n) is 6.41. The van der Waals surface area contributed by atoms with E-state index in [1.165, 1.54) is 32.0 Å². The van der Waals surface area contributed by atoms with Crippen LogP contribution < -0.4 is 15.4 Å². The zero-order valence-electron chi connectivity index (χ0n) is 15.1. The molecule has 2 N–H and O–H groups in total. The van der Waals surface area contributed by atoms with E-state index in [2.05, 4.69) is 10.6 Å². The van der Waals surface area contributed by atoms with E-state index in [0.29, 0.717) is 18.7 Å². The number of ether oxygens (including phenoxy) is 1. The van der Waals surface area contributed by atoms with Gasteiger partial charge in [-0.15, -0.1) is 0 Å². The minimum absolute atomic E-state index is 0.310. The van der Waals surface area contributed by atoms with Gasteiger partial charge in [-0.25, -0.2) is 4.39 Å². The number of rotatable bonds is 7. The molecule has 0 atom stereocenters. The number of anilines is 1. The minimum atomic E-state index is -1.30. The van der Waals surface area contributed by atoms with Gasteiger partial charge in [0.05, 0.1) is 7.11 Å². The third-order valence-corrected chi connectivity index (χ3v) is 4.09. The van der Waals surface area contributed by atoms with Gasteiger partial charge in [0.25, 0.3) is 0 Å². The van der Waals surface area contributed by atoms with Gasteiger partial charge in [0.15, 0.2) is 0 Å². The smallest absolute Gasteiger partial charge is 0.239 e. The third kappa shape index (κ3) is 4.81. The van der Waals surface area contributed by atoms with Gasteiger partial charge in [0, 0.05) is 12.2 Å². The topological polar surface area (TPSA) is 67.4 Å². The molecule has 6 heteroatoms. The third-order valence-electron chi connectivity index (χ3n) is 4.09. The molecule has 0 aromatic heterocycles. The van der Waals surface area contributed by atoms with Crippen LogP contribution in [-0.4, -0.2) is 25.5 Å². The molecule has 0 aliphatic rings. The van der Waals surface area contributed by atoms with Crippen molar-refractivity contribution in [2.75, 3.05) is 19.0 Å². The van der Waals surface area contributed by atoms with Crippen LogP contribution in [0.3, 0.4) is 0 Å². The van der Waals surface area contributed by atoms with E-state index in [1.54, 1.807) is 13.2 Å². The highest BCUT2D eigenvalue weighted by molar-refractivity contribution is 6.09. The first-order valence-electron chi connectivity index (χ1n) is 8.32. The predicted molar refractivity (Wildman–Crippen MR) is 98.5 cm³/mol. The van der Waals surface area contributed by atoms with Crippen molar-refractivity contribution in [3.63, 3.8) is 0 Å². The Labute approximate surface area is 152 Å². The van der Waals surface area contributed by atoms with Crippen LogP contribution in [0.5, 0.6) is 5.75 Å². The lowest BCUT2D eigenvalue weighted by atomic mass is 9.90. The average molecular weight is 358 g/mol. The first kappa shape index (κ1) is 19.4. The van der Waals surface area contributed by atoms with E-state index in [0.717, 1.165) is 11.3 Å². The molecule has 0 radical (unpaired) electrons. The molecule has 0 unspecified atom stereocenters. The Hall–Kier alpha value is -2.89. The fraction of sp³-hybridized carbons (Fsp3) is 0.300. The molecule has 0 fully saturated rings. The lowest BCUT2D eigenvalue weighted by molar-refractivity contribution is -0.138. The number of amides is 2. The molecule has 5 nitrogen and oxygen atoms in total. The first-order valence-corrected chi connectivity index (χ1v) is 8.32. The Kier molecular flexibility index (Phi) is 6.33. The molecule has 0 spiro atoms. The van der Waals surface area contributed by atoms with Gasteiger partial charge in [-0.2, -0.15) is 0 Å². The van der Waals surface area contributed by atoms with Crippen molar-refractivity contribution < 1.29 is 18.7 Å². The number of hydrogen-bond acceptors (Lipinski definition) is 3. The van der Waals surface area contributed by atoms with Gasteiger partial charge < -0.3 is 15.4 Å². The van der Waals surface area contributed by atoms with E-state index < -0.39 is 23.0 Å². The van der Waals surface area contributed by atoms with Crippen LogP contribution in [0.25, 0.3) is 0 Å². The summed E-state index contributed by atoms with van der Waals surface area (Å²) in [5, 5.41) is 5.34. The van der Waals surface area contributed by atoms with E-state index in [-0.39, 0.29) is 0 Å². The summed E-state index contributed by atoms with van der Waals surface area (Å²) < 4.78 is 18.5. The quantitative estimate of drug-likeness (QED) is 0.747. The summed E-state index contributed by atoms with van der Waals surface area (Å²) in [6.45, 7) is 3.43. The SMILES string of the molecule is COc1ccccc1CCNC(=O)C(C)(C)C(=O)Nc1cccc(F)c1. The number of nitrogens with one attached hydrogen (secondary N) is 2. The van der Waals surface area contributed by atoms with Crippen LogP contribution in [0.4, 0.5) is 10.1 Å². The van der Waals surface area contributed by atoms with Gasteiger partial charge >= 0.3 is 0 Å². The number of carbonyl (C=O) groups is 2. The molecular weight excluding hydrogens is 335 g/mol. The van der Waals surface area contributed by atoms with Gasteiger partial charge in [-0.05, 0) is 50.1 Å². The van der Waals surface area contributed by atoms with Gasteiger partial charge in [0.2, 0.25) is 11.8 Å². The number of carbonyl (C=O) groups excluding carboxylic acids is 2. The molecule has 2 amide bonds. The summed E-state index contributed by atoms with van der Waals surface area (Å²) in [4.78, 5) is 24.8. The van der Waals surface area contributed by atoms with Gasteiger partial charge in [-0.1, -0.05) is 24.3 Å². The van der Waals surface area contributed by atoms with E-state index in [1.807, 2.05) is 24.3 Å². The zero-order chi connectivity index (χ0) is 19.2. The van der Waals surface area contributed by atoms with Crippen molar-refractivity contribution in [2.24, 2.45) is 5.41 Å². The number of methoxy groups -OCH3 is 1. The number of benzene rings is 2. The minimum Gasteiger partial charge on any atom is -0.496 e. The largest absolute Gasteiger partial charge is 0.496 e. The molecule has 2 rings (SSSR count). The van der Waals surface area contributed by atoms with Crippen molar-refractivity contribution in [3.05, 3.63) is 59.9 Å².